The minimum atomic E-state index is 0.896. The molecule has 12 rings (SSSR count). The summed E-state index contributed by atoms with van der Waals surface area (Å²) in [5, 5.41) is 11.8. The van der Waals surface area contributed by atoms with Gasteiger partial charge in [-0.15, -0.1) is 0 Å². The number of anilines is 6. The van der Waals surface area contributed by atoms with Crippen LogP contribution < -0.4 is 9.80 Å². The zero-order valence-electron chi connectivity index (χ0n) is 38.6. The molecular weight excluding hydrogens is 805 g/mol. The molecule has 0 spiro atoms. The number of rotatable bonds is 10. The minimum Gasteiger partial charge on any atom is -0.454 e. The molecule has 0 N–H and O–H groups in total. The fourth-order valence-corrected chi connectivity index (χ4v) is 10.7. The van der Waals surface area contributed by atoms with Crippen molar-refractivity contribution in [3.05, 3.63) is 191 Å². The van der Waals surface area contributed by atoms with E-state index in [2.05, 4.69) is 209 Å². The molecule has 2 heterocycles. The second-order valence-electron chi connectivity index (χ2n) is 18.4. The van der Waals surface area contributed by atoms with Crippen LogP contribution in [0.5, 0.6) is 0 Å². The molecule has 0 unspecified atom stereocenters. The van der Waals surface area contributed by atoms with E-state index in [0.29, 0.717) is 0 Å². The largest absolute Gasteiger partial charge is 0.454 e. The highest BCUT2D eigenvalue weighted by Crippen LogP contribution is 2.51. The molecule has 0 bridgehead atoms. The summed E-state index contributed by atoms with van der Waals surface area (Å²) in [6, 6.07) is 58.6. The Bertz CT molecular complexity index is 3610. The van der Waals surface area contributed by atoms with Crippen molar-refractivity contribution in [1.29, 1.82) is 0 Å². The number of hydrogen-bond acceptors (Lipinski definition) is 4. The third-order valence-electron chi connectivity index (χ3n) is 14.3. The first-order chi connectivity index (χ1) is 32.3. The van der Waals surface area contributed by atoms with Gasteiger partial charge in [0.05, 0.1) is 22.7 Å². The van der Waals surface area contributed by atoms with E-state index in [1.807, 2.05) is 0 Å². The number of para-hydroxylation sites is 4. The molecule has 2 aromatic heterocycles. The Morgan fingerprint density at radius 3 is 1.15 bits per heavy atom. The average molecular weight is 857 g/mol. The monoisotopic (exact) mass is 856 g/mol. The maximum atomic E-state index is 7.03. The van der Waals surface area contributed by atoms with Crippen molar-refractivity contribution in [2.45, 2.75) is 67.2 Å². The highest BCUT2D eigenvalue weighted by atomic mass is 16.3. The van der Waals surface area contributed by atoms with Gasteiger partial charge in [0.2, 0.25) is 0 Å². The summed E-state index contributed by atoms with van der Waals surface area (Å²) in [6.07, 6.45) is 4.05. The molecule has 0 aliphatic heterocycles. The van der Waals surface area contributed by atoms with Gasteiger partial charge in [0.1, 0.15) is 11.2 Å². The first kappa shape index (κ1) is 40.0. The molecular formula is C62H52N2O2. The second kappa shape index (κ2) is 15.6. The van der Waals surface area contributed by atoms with Crippen LogP contribution in [0, 0.1) is 27.7 Å². The van der Waals surface area contributed by atoms with Crippen LogP contribution in [0.2, 0.25) is 0 Å². The summed E-state index contributed by atoms with van der Waals surface area (Å²) >= 11 is 0. The first-order valence-electron chi connectivity index (χ1n) is 23.6. The van der Waals surface area contributed by atoms with Crippen molar-refractivity contribution in [2.75, 3.05) is 9.80 Å². The summed E-state index contributed by atoms with van der Waals surface area (Å²) < 4.78 is 14.1. The lowest BCUT2D eigenvalue weighted by molar-refractivity contribution is 0.661. The van der Waals surface area contributed by atoms with Gasteiger partial charge in [-0.2, -0.15) is 0 Å². The van der Waals surface area contributed by atoms with Gasteiger partial charge in [-0.25, -0.2) is 0 Å². The Kier molecular flexibility index (Phi) is 9.43. The highest BCUT2D eigenvalue weighted by molar-refractivity contribution is 6.29. The minimum absolute atomic E-state index is 0.896. The van der Waals surface area contributed by atoms with Gasteiger partial charge in [0.25, 0.3) is 0 Å². The lowest BCUT2D eigenvalue weighted by Gasteiger charge is -2.29. The summed E-state index contributed by atoms with van der Waals surface area (Å²) in [5.74, 6) is 0. The zero-order chi connectivity index (χ0) is 44.8. The van der Waals surface area contributed by atoms with E-state index in [0.717, 1.165) is 104 Å². The molecule has 12 aromatic rings. The van der Waals surface area contributed by atoms with Gasteiger partial charge in [0.15, 0.2) is 11.2 Å². The van der Waals surface area contributed by atoms with E-state index in [9.17, 15) is 0 Å². The molecule has 0 aliphatic carbocycles. The van der Waals surface area contributed by atoms with Crippen molar-refractivity contribution in [3.63, 3.8) is 0 Å². The van der Waals surface area contributed by atoms with E-state index in [-0.39, 0.29) is 0 Å². The molecule has 66 heavy (non-hydrogen) atoms. The zero-order valence-corrected chi connectivity index (χ0v) is 38.6. The standard InChI is InChI=1S/C62H52N2O2/c1-7-13-43-15-9-17-47-49-19-11-21-55(61(49)65-59(43)47)63(45-29-23-37(3)39(5)35-45)53-33-27-41-26-32-52-54(34-28-42-25-31-51(53)57(41)58(42)52)64(46-30-24-38(4)40(6)36-46)56-22-12-20-50-48-18-10-16-44(14-8-2)60(48)66-62(50)56/h9-12,15-36H,7-8,13-14H2,1-6H3. The fourth-order valence-electron chi connectivity index (χ4n) is 10.7. The maximum absolute atomic E-state index is 7.03. The van der Waals surface area contributed by atoms with Crippen LogP contribution >= 0.6 is 0 Å². The molecule has 0 saturated carbocycles. The van der Waals surface area contributed by atoms with Gasteiger partial charge in [-0.05, 0) is 144 Å². The SMILES string of the molecule is CCCc1cccc2c1oc1c(N(c3ccc(C)c(C)c3)c3ccc4ccc5c(N(c6ccc(C)c(C)c6)c6cccc7c6oc6c(CCC)cccc67)ccc6ccc3c4c65)cccc12. The average Bonchev–Trinajstić information content (AvgIpc) is 3.92. The van der Waals surface area contributed by atoms with E-state index in [1.54, 1.807) is 0 Å². The number of nitrogens with zero attached hydrogens (tertiary/aromatic N) is 2. The van der Waals surface area contributed by atoms with Crippen molar-refractivity contribution < 1.29 is 8.83 Å². The Morgan fingerprint density at radius 2 is 0.742 bits per heavy atom. The quantitative estimate of drug-likeness (QED) is 0.128. The molecule has 10 aromatic carbocycles. The van der Waals surface area contributed by atoms with Crippen molar-refractivity contribution in [2.24, 2.45) is 0 Å². The van der Waals surface area contributed by atoms with E-state index >= 15 is 0 Å². The molecule has 4 nitrogen and oxygen atoms in total. The predicted molar refractivity (Wildman–Crippen MR) is 281 cm³/mol. The van der Waals surface area contributed by atoms with Crippen LogP contribution in [-0.4, -0.2) is 0 Å². The Balaban J connectivity index is 1.13. The van der Waals surface area contributed by atoms with Gasteiger partial charge >= 0.3 is 0 Å². The Morgan fingerprint density at radius 1 is 0.348 bits per heavy atom. The highest BCUT2D eigenvalue weighted by Gasteiger charge is 2.26. The summed E-state index contributed by atoms with van der Waals surface area (Å²) in [4.78, 5) is 4.86. The number of fused-ring (bicyclic) bond motifs is 6. The van der Waals surface area contributed by atoms with Crippen LogP contribution in [-0.2, 0) is 12.8 Å². The van der Waals surface area contributed by atoms with Gasteiger partial charge in [-0.1, -0.05) is 136 Å². The molecule has 0 radical (unpaired) electrons. The van der Waals surface area contributed by atoms with Gasteiger partial charge < -0.3 is 18.6 Å². The Labute approximate surface area is 385 Å². The maximum Gasteiger partial charge on any atom is 0.159 e. The summed E-state index contributed by atoms with van der Waals surface area (Å²) in [6.45, 7) is 13.3. The number of benzene rings is 10. The molecule has 322 valence electrons. The molecule has 0 fully saturated rings. The summed E-state index contributed by atoms with van der Waals surface area (Å²) in [7, 11) is 0. The third kappa shape index (κ3) is 6.11. The van der Waals surface area contributed by atoms with E-state index in [1.165, 1.54) is 65.7 Å². The number of hydrogen-bond donors (Lipinski definition) is 0. The molecule has 0 saturated heterocycles. The Hall–Kier alpha value is -7.56. The van der Waals surface area contributed by atoms with Crippen molar-refractivity contribution >= 4 is 110 Å². The van der Waals surface area contributed by atoms with Gasteiger partial charge in [0, 0.05) is 43.7 Å². The second-order valence-corrected chi connectivity index (χ2v) is 18.4. The van der Waals surface area contributed by atoms with Crippen LogP contribution in [0.25, 0.3) is 76.2 Å². The number of furan rings is 2. The van der Waals surface area contributed by atoms with Crippen molar-refractivity contribution in [1.82, 2.24) is 0 Å². The smallest absolute Gasteiger partial charge is 0.159 e. The van der Waals surface area contributed by atoms with Crippen LogP contribution in [0.4, 0.5) is 34.1 Å². The normalized spacial score (nSPS) is 12.0. The lowest BCUT2D eigenvalue weighted by atomic mass is 9.91. The van der Waals surface area contributed by atoms with Crippen LogP contribution in [0.3, 0.4) is 0 Å². The van der Waals surface area contributed by atoms with Crippen molar-refractivity contribution in [3.8, 4) is 0 Å². The van der Waals surface area contributed by atoms with E-state index in [4.69, 9.17) is 8.83 Å². The summed E-state index contributed by atoms with van der Waals surface area (Å²) in [5.41, 5.74) is 17.7. The fraction of sp³-hybridized carbons (Fsp3) is 0.161. The lowest BCUT2D eigenvalue weighted by Crippen LogP contribution is -2.12. The van der Waals surface area contributed by atoms with Crippen LogP contribution in [0.1, 0.15) is 60.1 Å². The molecule has 0 atom stereocenters. The molecule has 0 amide bonds. The van der Waals surface area contributed by atoms with E-state index < -0.39 is 0 Å². The molecule has 0 aliphatic rings. The number of aryl methyl sites for hydroxylation is 6. The topological polar surface area (TPSA) is 32.8 Å². The third-order valence-corrected chi connectivity index (χ3v) is 14.3. The predicted octanol–water partition coefficient (Wildman–Crippen LogP) is 18.5. The first-order valence-corrected chi connectivity index (χ1v) is 23.6. The van der Waals surface area contributed by atoms with Crippen LogP contribution in [0.15, 0.2) is 167 Å². The molecule has 4 heteroatoms. The van der Waals surface area contributed by atoms with Gasteiger partial charge in [-0.3, -0.25) is 0 Å².